The van der Waals surface area contributed by atoms with Gasteiger partial charge < -0.3 is 9.26 Å². The van der Waals surface area contributed by atoms with E-state index in [4.69, 9.17) is 9.26 Å². The van der Waals surface area contributed by atoms with Crippen LogP contribution in [0.25, 0.3) is 22.0 Å². The molecule has 2 aromatic carbocycles. The van der Waals surface area contributed by atoms with Gasteiger partial charge in [-0.2, -0.15) is 5.10 Å². The number of nitrogens with one attached hydrogen (secondary N) is 1. The molecule has 2 heterocycles. The Bertz CT molecular complexity index is 1040. The number of benzene rings is 2. The predicted octanol–water partition coefficient (Wildman–Crippen LogP) is 4.42. The first-order chi connectivity index (χ1) is 13.2. The van der Waals surface area contributed by atoms with Crippen molar-refractivity contribution in [2.45, 2.75) is 19.5 Å². The third-order valence-electron chi connectivity index (χ3n) is 5.02. The van der Waals surface area contributed by atoms with E-state index in [0.717, 1.165) is 45.6 Å². The average molecular weight is 362 g/mol. The Kier molecular flexibility index (Phi) is 4.64. The summed E-state index contributed by atoms with van der Waals surface area (Å²) in [6, 6.07) is 14.5. The number of methoxy groups -OCH3 is 1. The maximum atomic E-state index is 5.31. The summed E-state index contributed by atoms with van der Waals surface area (Å²) >= 11 is 0. The molecular weight excluding hydrogens is 340 g/mol. The minimum absolute atomic E-state index is 0.149. The molecule has 2 aromatic heterocycles. The molecule has 0 aliphatic rings. The van der Waals surface area contributed by atoms with Gasteiger partial charge in [-0.1, -0.05) is 23.4 Å². The van der Waals surface area contributed by atoms with Crippen LogP contribution < -0.4 is 4.74 Å². The summed E-state index contributed by atoms with van der Waals surface area (Å²) in [5.74, 6) is 0.862. The lowest BCUT2D eigenvalue weighted by Crippen LogP contribution is -2.22. The third kappa shape index (κ3) is 3.44. The summed E-state index contributed by atoms with van der Waals surface area (Å²) in [5.41, 5.74) is 4.21. The van der Waals surface area contributed by atoms with Crippen LogP contribution in [0.5, 0.6) is 5.75 Å². The summed E-state index contributed by atoms with van der Waals surface area (Å²) in [7, 11) is 3.76. The number of fused-ring (bicyclic) bond motifs is 1. The van der Waals surface area contributed by atoms with Gasteiger partial charge in [0.1, 0.15) is 17.7 Å². The molecule has 1 N–H and O–H groups in total. The van der Waals surface area contributed by atoms with Crippen LogP contribution in [0.2, 0.25) is 0 Å². The first-order valence-electron chi connectivity index (χ1n) is 8.86. The molecule has 0 aliphatic heterocycles. The van der Waals surface area contributed by atoms with Gasteiger partial charge in [0.25, 0.3) is 0 Å². The van der Waals surface area contributed by atoms with E-state index in [1.165, 1.54) is 0 Å². The average Bonchev–Trinajstić information content (AvgIpc) is 3.38. The van der Waals surface area contributed by atoms with Crippen molar-refractivity contribution in [3.05, 3.63) is 66.2 Å². The zero-order valence-electron chi connectivity index (χ0n) is 15.6. The molecule has 6 heteroatoms. The summed E-state index contributed by atoms with van der Waals surface area (Å²) < 4.78 is 10.3. The summed E-state index contributed by atoms with van der Waals surface area (Å²) in [5, 5.41) is 13.8. The number of aromatic amines is 1. The Hall–Kier alpha value is -3.12. The van der Waals surface area contributed by atoms with Crippen molar-refractivity contribution in [2.24, 2.45) is 0 Å². The molecule has 138 valence electrons. The number of rotatable bonds is 6. The van der Waals surface area contributed by atoms with Crippen LogP contribution in [-0.2, 0) is 6.54 Å². The van der Waals surface area contributed by atoms with E-state index in [-0.39, 0.29) is 6.04 Å². The number of hydrogen-bond acceptors (Lipinski definition) is 5. The summed E-state index contributed by atoms with van der Waals surface area (Å²) in [6.45, 7) is 2.86. The van der Waals surface area contributed by atoms with Gasteiger partial charge in [0, 0.05) is 23.7 Å². The minimum atomic E-state index is 0.149. The van der Waals surface area contributed by atoms with Crippen molar-refractivity contribution in [2.75, 3.05) is 14.2 Å². The number of aromatic nitrogens is 3. The van der Waals surface area contributed by atoms with Crippen molar-refractivity contribution in [1.29, 1.82) is 0 Å². The molecule has 6 nitrogen and oxygen atoms in total. The molecule has 4 rings (SSSR count). The molecule has 0 saturated carbocycles. The van der Waals surface area contributed by atoms with Crippen LogP contribution in [0.3, 0.4) is 0 Å². The Morgan fingerprint density at radius 3 is 2.74 bits per heavy atom. The largest absolute Gasteiger partial charge is 0.497 e. The topological polar surface area (TPSA) is 67.2 Å². The zero-order chi connectivity index (χ0) is 18.8. The molecule has 0 saturated heterocycles. The van der Waals surface area contributed by atoms with Gasteiger partial charge in [-0.15, -0.1) is 0 Å². The second-order valence-electron chi connectivity index (χ2n) is 6.71. The first-order valence-corrected chi connectivity index (χ1v) is 8.86. The van der Waals surface area contributed by atoms with Crippen molar-refractivity contribution < 1.29 is 9.26 Å². The fourth-order valence-electron chi connectivity index (χ4n) is 3.26. The van der Waals surface area contributed by atoms with Crippen molar-refractivity contribution in [1.82, 2.24) is 20.3 Å². The van der Waals surface area contributed by atoms with E-state index < -0.39 is 0 Å². The van der Waals surface area contributed by atoms with E-state index in [1.54, 1.807) is 13.4 Å². The number of ether oxygens (including phenoxy) is 1. The monoisotopic (exact) mass is 362 g/mol. The molecule has 0 amide bonds. The molecule has 0 bridgehead atoms. The number of hydrogen-bond donors (Lipinski definition) is 1. The van der Waals surface area contributed by atoms with Gasteiger partial charge in [-0.05, 0) is 42.9 Å². The van der Waals surface area contributed by atoms with Crippen LogP contribution in [0, 0.1) is 0 Å². The fourth-order valence-corrected chi connectivity index (χ4v) is 3.26. The lowest BCUT2D eigenvalue weighted by atomic mass is 10.0. The molecule has 0 aliphatic carbocycles. The van der Waals surface area contributed by atoms with E-state index in [9.17, 15) is 0 Å². The van der Waals surface area contributed by atoms with Gasteiger partial charge in [0.15, 0.2) is 0 Å². The maximum Gasteiger partial charge on any atom is 0.124 e. The maximum absolute atomic E-state index is 5.31. The summed E-state index contributed by atoms with van der Waals surface area (Å²) in [4.78, 5) is 2.22. The van der Waals surface area contributed by atoms with Gasteiger partial charge in [-0.25, -0.2) is 0 Å². The van der Waals surface area contributed by atoms with Crippen LogP contribution in [0.1, 0.15) is 24.2 Å². The van der Waals surface area contributed by atoms with Crippen LogP contribution in [-0.4, -0.2) is 34.4 Å². The lowest BCUT2D eigenvalue weighted by molar-refractivity contribution is 0.241. The molecule has 4 aromatic rings. The van der Waals surface area contributed by atoms with E-state index in [1.807, 2.05) is 24.4 Å². The van der Waals surface area contributed by atoms with Gasteiger partial charge in [0.2, 0.25) is 0 Å². The van der Waals surface area contributed by atoms with Crippen LogP contribution >= 0.6 is 0 Å². The highest BCUT2D eigenvalue weighted by atomic mass is 16.5. The fraction of sp³-hybridized carbons (Fsp3) is 0.238. The van der Waals surface area contributed by atoms with Crippen molar-refractivity contribution >= 4 is 10.8 Å². The molecule has 0 fully saturated rings. The second kappa shape index (κ2) is 7.25. The summed E-state index contributed by atoms with van der Waals surface area (Å²) in [6.07, 6.45) is 3.49. The van der Waals surface area contributed by atoms with E-state index >= 15 is 0 Å². The Morgan fingerprint density at radius 2 is 1.96 bits per heavy atom. The minimum Gasteiger partial charge on any atom is -0.497 e. The Morgan fingerprint density at radius 1 is 1.15 bits per heavy atom. The highest BCUT2D eigenvalue weighted by molar-refractivity contribution is 5.88. The first kappa shape index (κ1) is 17.3. The van der Waals surface area contributed by atoms with Gasteiger partial charge >= 0.3 is 0 Å². The third-order valence-corrected chi connectivity index (χ3v) is 5.02. The number of H-pyrrole nitrogens is 1. The Balaban J connectivity index is 1.60. The number of nitrogens with zero attached hydrogens (tertiary/aromatic N) is 3. The van der Waals surface area contributed by atoms with E-state index in [0.29, 0.717) is 0 Å². The van der Waals surface area contributed by atoms with Gasteiger partial charge in [0.05, 0.1) is 25.0 Å². The smallest absolute Gasteiger partial charge is 0.124 e. The molecular formula is C21H22N4O2. The molecule has 1 atom stereocenters. The SMILES string of the molecule is COc1ccc2cc(-c3[nH]ncc3CN(C)[C@@H](C)c3ccon3)ccc2c1. The van der Waals surface area contributed by atoms with Crippen molar-refractivity contribution in [3.8, 4) is 17.0 Å². The molecule has 0 unspecified atom stereocenters. The van der Waals surface area contributed by atoms with E-state index in [2.05, 4.69) is 58.5 Å². The predicted molar refractivity (Wildman–Crippen MR) is 104 cm³/mol. The normalized spacial score (nSPS) is 12.6. The zero-order valence-corrected chi connectivity index (χ0v) is 15.6. The Labute approximate surface area is 157 Å². The molecule has 27 heavy (non-hydrogen) atoms. The quantitative estimate of drug-likeness (QED) is 0.550. The lowest BCUT2D eigenvalue weighted by Gasteiger charge is -2.22. The van der Waals surface area contributed by atoms with Crippen molar-refractivity contribution in [3.63, 3.8) is 0 Å². The molecule has 0 radical (unpaired) electrons. The second-order valence-corrected chi connectivity index (χ2v) is 6.71. The standard InChI is InChI=1S/C21H22N4O2/c1-14(20-8-9-27-24-20)25(2)13-18-12-22-23-21(18)17-5-4-16-11-19(26-3)7-6-15(16)10-17/h4-12,14H,13H2,1-3H3,(H,22,23)/t14-/m0/s1. The van der Waals surface area contributed by atoms with Crippen LogP contribution in [0.15, 0.2) is 59.4 Å². The van der Waals surface area contributed by atoms with Gasteiger partial charge in [-0.3, -0.25) is 10.00 Å². The highest BCUT2D eigenvalue weighted by Crippen LogP contribution is 2.29. The van der Waals surface area contributed by atoms with Crippen LogP contribution in [0.4, 0.5) is 0 Å². The molecule has 0 spiro atoms. The highest BCUT2D eigenvalue weighted by Gasteiger charge is 2.17.